The Bertz CT molecular complexity index is 814. The summed E-state index contributed by atoms with van der Waals surface area (Å²) >= 11 is 1.53. The lowest BCUT2D eigenvalue weighted by Crippen LogP contribution is -2.36. The zero-order chi connectivity index (χ0) is 16.9. The highest BCUT2D eigenvalue weighted by molar-refractivity contribution is 7.13. The number of aromatic nitrogens is 2. The maximum Gasteiger partial charge on any atom is 0.261 e. The first kappa shape index (κ1) is 16.2. The third-order valence-corrected chi connectivity index (χ3v) is 4.16. The monoisotopic (exact) mass is 343 g/mol. The lowest BCUT2D eigenvalue weighted by atomic mass is 10.2. The van der Waals surface area contributed by atoms with Crippen molar-refractivity contribution in [1.29, 1.82) is 0 Å². The number of benzene rings is 1. The number of ether oxygens (including phenoxy) is 1. The summed E-state index contributed by atoms with van der Waals surface area (Å²) in [5.74, 6) is 1.30. The Balaban J connectivity index is 1.53. The van der Waals surface area contributed by atoms with Crippen LogP contribution in [0, 0.1) is 6.92 Å². The van der Waals surface area contributed by atoms with E-state index in [1.54, 1.807) is 6.92 Å². The van der Waals surface area contributed by atoms with Gasteiger partial charge in [0.05, 0.1) is 11.4 Å². The van der Waals surface area contributed by atoms with Crippen LogP contribution >= 0.6 is 11.3 Å². The molecule has 124 valence electrons. The lowest BCUT2D eigenvalue weighted by molar-refractivity contribution is -0.127. The molecule has 0 fully saturated rings. The van der Waals surface area contributed by atoms with Crippen LogP contribution in [0.25, 0.3) is 10.7 Å². The van der Waals surface area contributed by atoms with Crippen molar-refractivity contribution in [1.82, 2.24) is 15.5 Å². The second-order valence-corrected chi connectivity index (χ2v) is 6.23. The zero-order valence-electron chi connectivity index (χ0n) is 13.4. The molecule has 3 rings (SSSR count). The summed E-state index contributed by atoms with van der Waals surface area (Å²) in [6.45, 7) is 3.83. The Morgan fingerprint density at radius 3 is 3.00 bits per heavy atom. The molecule has 1 amide bonds. The first-order chi connectivity index (χ1) is 11.6. The second-order valence-electron chi connectivity index (χ2n) is 5.28. The predicted octanol–water partition coefficient (Wildman–Crippen LogP) is 3.19. The van der Waals surface area contributed by atoms with Crippen molar-refractivity contribution in [3.8, 4) is 16.5 Å². The quantitative estimate of drug-likeness (QED) is 0.744. The fourth-order valence-electron chi connectivity index (χ4n) is 2.09. The Hall–Kier alpha value is -2.67. The molecule has 0 unspecified atom stereocenters. The fourth-order valence-corrected chi connectivity index (χ4v) is 2.73. The van der Waals surface area contributed by atoms with Gasteiger partial charge in [-0.05, 0) is 43.0 Å². The van der Waals surface area contributed by atoms with Gasteiger partial charge in [-0.1, -0.05) is 23.4 Å². The van der Waals surface area contributed by atoms with Crippen LogP contribution in [0.4, 0.5) is 0 Å². The molecule has 0 spiro atoms. The van der Waals surface area contributed by atoms with Crippen molar-refractivity contribution in [3.63, 3.8) is 0 Å². The van der Waals surface area contributed by atoms with E-state index in [-0.39, 0.29) is 12.5 Å². The number of thiophene rings is 1. The summed E-state index contributed by atoms with van der Waals surface area (Å²) in [6.07, 6.45) is -0.619. The van der Waals surface area contributed by atoms with Gasteiger partial charge < -0.3 is 14.6 Å². The number of carbonyl (C=O) groups excluding carboxylic acids is 1. The van der Waals surface area contributed by atoms with Gasteiger partial charge in [-0.15, -0.1) is 11.3 Å². The molecule has 1 N–H and O–H groups in total. The first-order valence-electron chi connectivity index (χ1n) is 7.49. The van der Waals surface area contributed by atoms with Crippen molar-refractivity contribution in [2.45, 2.75) is 26.5 Å². The average molecular weight is 343 g/mol. The fraction of sp³-hybridized carbons (Fsp3) is 0.235. The minimum Gasteiger partial charge on any atom is -0.481 e. The van der Waals surface area contributed by atoms with Crippen molar-refractivity contribution >= 4 is 17.2 Å². The smallest absolute Gasteiger partial charge is 0.261 e. The number of amides is 1. The van der Waals surface area contributed by atoms with E-state index < -0.39 is 6.10 Å². The maximum atomic E-state index is 12.1. The van der Waals surface area contributed by atoms with E-state index in [2.05, 4.69) is 15.5 Å². The molecule has 2 aromatic heterocycles. The van der Waals surface area contributed by atoms with Crippen LogP contribution in [0.1, 0.15) is 18.4 Å². The standard InChI is InChI=1S/C17H17N3O3S/c1-11-5-3-6-13(9-11)22-12(2)17(21)18-10-15-19-16(20-23-15)14-7-4-8-24-14/h3-9,12H,10H2,1-2H3,(H,18,21)/t12-/m0/s1. The van der Waals surface area contributed by atoms with E-state index in [4.69, 9.17) is 9.26 Å². The van der Waals surface area contributed by atoms with Crippen LogP contribution in [0.3, 0.4) is 0 Å². The Labute approximate surface area is 143 Å². The van der Waals surface area contributed by atoms with Crippen LogP contribution in [0.5, 0.6) is 5.75 Å². The molecule has 24 heavy (non-hydrogen) atoms. The van der Waals surface area contributed by atoms with E-state index in [1.807, 2.05) is 48.7 Å². The number of aryl methyl sites for hydroxylation is 1. The molecule has 7 heteroatoms. The van der Waals surface area contributed by atoms with E-state index in [0.29, 0.717) is 17.5 Å². The van der Waals surface area contributed by atoms with Gasteiger partial charge in [0, 0.05) is 0 Å². The molecule has 0 aliphatic rings. The number of nitrogens with one attached hydrogen (secondary N) is 1. The molecule has 1 aromatic carbocycles. The molecule has 0 radical (unpaired) electrons. The number of nitrogens with zero attached hydrogens (tertiary/aromatic N) is 2. The molecular formula is C17H17N3O3S. The molecule has 3 aromatic rings. The molecule has 6 nitrogen and oxygen atoms in total. The van der Waals surface area contributed by atoms with E-state index >= 15 is 0 Å². The molecule has 0 saturated carbocycles. The third kappa shape index (κ3) is 3.99. The Morgan fingerprint density at radius 2 is 2.25 bits per heavy atom. The third-order valence-electron chi connectivity index (χ3n) is 3.30. The highest BCUT2D eigenvalue weighted by Gasteiger charge is 2.16. The summed E-state index contributed by atoms with van der Waals surface area (Å²) < 4.78 is 10.8. The first-order valence-corrected chi connectivity index (χ1v) is 8.37. The molecule has 0 aliphatic carbocycles. The van der Waals surface area contributed by atoms with Gasteiger partial charge in [-0.25, -0.2) is 0 Å². The average Bonchev–Trinajstić information content (AvgIpc) is 3.23. The summed E-state index contributed by atoms with van der Waals surface area (Å²) in [5, 5.41) is 8.58. The van der Waals surface area contributed by atoms with Crippen molar-refractivity contribution < 1.29 is 14.1 Å². The predicted molar refractivity (Wildman–Crippen MR) is 90.7 cm³/mol. The van der Waals surface area contributed by atoms with Crippen LogP contribution in [-0.2, 0) is 11.3 Å². The molecule has 0 saturated heterocycles. The van der Waals surface area contributed by atoms with E-state index in [9.17, 15) is 4.79 Å². The van der Waals surface area contributed by atoms with Gasteiger partial charge in [-0.2, -0.15) is 4.98 Å². The van der Waals surface area contributed by atoms with Gasteiger partial charge in [-0.3, -0.25) is 4.79 Å². The molecule has 2 heterocycles. The summed E-state index contributed by atoms with van der Waals surface area (Å²) in [7, 11) is 0. The topological polar surface area (TPSA) is 77.2 Å². The highest BCUT2D eigenvalue weighted by Crippen LogP contribution is 2.21. The summed E-state index contributed by atoms with van der Waals surface area (Å²) in [6, 6.07) is 11.4. The van der Waals surface area contributed by atoms with Gasteiger partial charge in [0.1, 0.15) is 5.75 Å². The van der Waals surface area contributed by atoms with Crippen molar-refractivity contribution in [2.75, 3.05) is 0 Å². The molecule has 0 bridgehead atoms. The van der Waals surface area contributed by atoms with Crippen molar-refractivity contribution in [3.05, 3.63) is 53.2 Å². The van der Waals surface area contributed by atoms with E-state index in [0.717, 1.165) is 10.4 Å². The molecular weight excluding hydrogens is 326 g/mol. The second kappa shape index (κ2) is 7.27. The SMILES string of the molecule is Cc1cccc(O[C@@H](C)C(=O)NCc2nc(-c3cccs3)no2)c1. The highest BCUT2D eigenvalue weighted by atomic mass is 32.1. The Morgan fingerprint density at radius 1 is 1.38 bits per heavy atom. The summed E-state index contributed by atoms with van der Waals surface area (Å²) in [4.78, 5) is 17.3. The van der Waals surface area contributed by atoms with Gasteiger partial charge >= 0.3 is 0 Å². The maximum absolute atomic E-state index is 12.1. The lowest BCUT2D eigenvalue weighted by Gasteiger charge is -2.14. The number of hydrogen-bond donors (Lipinski definition) is 1. The summed E-state index contributed by atoms with van der Waals surface area (Å²) in [5.41, 5.74) is 1.08. The molecule has 0 aliphatic heterocycles. The molecule has 1 atom stereocenters. The van der Waals surface area contributed by atoms with Crippen LogP contribution in [0.2, 0.25) is 0 Å². The van der Waals surface area contributed by atoms with Crippen LogP contribution in [-0.4, -0.2) is 22.2 Å². The van der Waals surface area contributed by atoms with Gasteiger partial charge in [0.2, 0.25) is 11.7 Å². The minimum absolute atomic E-state index is 0.165. The van der Waals surface area contributed by atoms with Gasteiger partial charge in [0.25, 0.3) is 5.91 Å². The zero-order valence-corrected chi connectivity index (χ0v) is 14.2. The van der Waals surface area contributed by atoms with E-state index in [1.165, 1.54) is 11.3 Å². The largest absolute Gasteiger partial charge is 0.481 e. The van der Waals surface area contributed by atoms with Crippen LogP contribution < -0.4 is 10.1 Å². The number of rotatable bonds is 6. The van der Waals surface area contributed by atoms with Gasteiger partial charge in [0.15, 0.2) is 6.10 Å². The van der Waals surface area contributed by atoms with Crippen LogP contribution in [0.15, 0.2) is 46.3 Å². The minimum atomic E-state index is -0.619. The normalized spacial score (nSPS) is 11.9. The van der Waals surface area contributed by atoms with Crippen molar-refractivity contribution in [2.24, 2.45) is 0 Å². The number of carbonyl (C=O) groups is 1. The Kier molecular flexibility index (Phi) is 4.90. The number of hydrogen-bond acceptors (Lipinski definition) is 6.